The van der Waals surface area contributed by atoms with Gasteiger partial charge in [0.1, 0.15) is 0 Å². The lowest BCUT2D eigenvalue weighted by molar-refractivity contribution is -0.161. The second-order valence-corrected chi connectivity index (χ2v) is 1.07. The number of hydrogen-bond donors (Lipinski definition) is 2. The molecule has 0 spiro atoms. The topological polar surface area (TPSA) is 66.8 Å². The van der Waals surface area contributed by atoms with Crippen LogP contribution >= 0.6 is 0 Å². The summed E-state index contributed by atoms with van der Waals surface area (Å²) in [6.07, 6.45) is 0. The Kier molecular flexibility index (Phi) is 1.70. The molecule has 30 valence electrons. The highest BCUT2D eigenvalue weighted by Gasteiger charge is 1.97. The summed E-state index contributed by atoms with van der Waals surface area (Å²) in [6.45, 7) is 0. The van der Waals surface area contributed by atoms with Crippen LogP contribution in [0.15, 0.2) is 0 Å². The summed E-state index contributed by atoms with van der Waals surface area (Å²) in [5.41, 5.74) is 0. The highest BCUT2D eigenvalue weighted by atomic mass is 28.3. The lowest BCUT2D eigenvalue weighted by Crippen LogP contribution is -1.99. The van der Waals surface area contributed by atoms with Crippen LogP contribution < -0.4 is 0 Å². The van der Waals surface area contributed by atoms with Crippen molar-refractivity contribution in [3.8, 4) is 0 Å². The first-order chi connectivity index (χ1) is 2.27. The van der Waals surface area contributed by atoms with Crippen molar-refractivity contribution >= 4 is 9.17 Å². The van der Waals surface area contributed by atoms with Crippen LogP contribution in [0.1, 0.15) is 0 Å². The fourth-order valence-electron chi connectivity index (χ4n) is 0. The number of hydrogen-bond acceptors (Lipinski definition) is 3. The summed E-state index contributed by atoms with van der Waals surface area (Å²) < 4.78 is 11.9. The maximum absolute atomic E-state index is 9.08. The predicted molar refractivity (Wildman–Crippen MR) is 12.4 cm³/mol. The lowest BCUT2D eigenvalue weighted by atomic mass is 15.0. The molecule has 0 atom stereocenters. The van der Waals surface area contributed by atoms with E-state index in [1.165, 1.54) is 0 Å². The Bertz CT molecular complexity index is 38.9. The molecule has 5 heteroatoms. The Morgan fingerprint density at radius 2 is 2.00 bits per heavy atom. The van der Waals surface area contributed by atoms with E-state index in [1.807, 2.05) is 0 Å². The fraction of sp³-hybridized carbons (Fsp3) is 0. The predicted octanol–water partition coefficient (Wildman–Crippen LogP) is -1.12. The third-order valence-corrected chi connectivity index (χ3v) is 0.234. The van der Waals surface area contributed by atoms with E-state index in [-0.39, 0.29) is 0 Å². The highest BCUT2D eigenvalue weighted by Crippen LogP contribution is 1.49. The molecule has 2 N–H and O–H groups in total. The van der Waals surface area contributed by atoms with Crippen LogP contribution in [0.2, 0.25) is 0 Å². The van der Waals surface area contributed by atoms with Crippen LogP contribution in [0.4, 0.5) is 0 Å². The van der Waals surface area contributed by atoms with Crippen molar-refractivity contribution in [3.05, 3.63) is 0 Å². The van der Waals surface area contributed by atoms with Crippen LogP contribution in [0.5, 0.6) is 0 Å². The van der Waals surface area contributed by atoms with Crippen molar-refractivity contribution in [3.63, 3.8) is 0 Å². The van der Waals surface area contributed by atoms with Crippen molar-refractivity contribution in [2.24, 2.45) is 0 Å². The van der Waals surface area contributed by atoms with Crippen LogP contribution in [-0.4, -0.2) is 19.2 Å². The molecule has 0 bridgehead atoms. The van der Waals surface area contributed by atoms with Gasteiger partial charge in [-0.25, -0.2) is 5.26 Å². The molecule has 0 amide bonds. The zero-order valence-electron chi connectivity index (χ0n) is 2.21. The van der Waals surface area contributed by atoms with E-state index in [1.54, 1.807) is 0 Å². The highest BCUT2D eigenvalue weighted by molar-refractivity contribution is 6.23. The molecule has 0 aliphatic heterocycles. The fourth-order valence-corrected chi connectivity index (χ4v) is 0. The molecule has 0 rings (SSSR count). The van der Waals surface area contributed by atoms with Crippen molar-refractivity contribution in [2.45, 2.75) is 0 Å². The average Bonchev–Trinajstić information content (AvgIpc) is 1.38. The average molecular weight is 94.1 g/mol. The third-order valence-electron chi connectivity index (χ3n) is 0.0781. The first-order valence-corrected chi connectivity index (χ1v) is 2.08. The number of rotatable bonds is 1. The molecule has 0 aliphatic carbocycles. The Balaban J connectivity index is 2.85. The van der Waals surface area contributed by atoms with Gasteiger partial charge in [-0.2, -0.15) is 0 Å². The molecule has 0 saturated carbocycles. The van der Waals surface area contributed by atoms with Gasteiger partial charge in [-0.05, 0) is 0 Å². The van der Waals surface area contributed by atoms with Crippen molar-refractivity contribution in [1.82, 2.24) is 0 Å². The second-order valence-electron chi connectivity index (χ2n) is 0.357. The van der Waals surface area contributed by atoms with Gasteiger partial charge in [-0.15, -0.1) is 0 Å². The molecule has 0 fully saturated rings. The summed E-state index contributed by atoms with van der Waals surface area (Å²) >= 11 is 0. The molecule has 5 heavy (non-hydrogen) atoms. The van der Waals surface area contributed by atoms with E-state index in [0.717, 1.165) is 0 Å². The molecule has 0 aromatic heterocycles. The normalized spacial score (nSPS) is 6.60. The first-order valence-electron chi connectivity index (χ1n) is 0.814. The zero-order chi connectivity index (χ0) is 4.28. The van der Waals surface area contributed by atoms with Crippen LogP contribution in [0, 0.1) is 0 Å². The summed E-state index contributed by atoms with van der Waals surface area (Å²) in [4.78, 5) is 7.44. The maximum Gasteiger partial charge on any atom is 0.798 e. The molecule has 0 unspecified atom stereocenters. The van der Waals surface area contributed by atoms with Crippen molar-refractivity contribution in [2.75, 3.05) is 0 Å². The van der Waals surface area contributed by atoms with Gasteiger partial charge in [0, 0.05) is 0 Å². The molecular weight excluding hydrogens is 92.1 g/mol. The minimum Gasteiger partial charge on any atom is -0.510 e. The van der Waals surface area contributed by atoms with Gasteiger partial charge in [0.25, 0.3) is 0 Å². The smallest absolute Gasteiger partial charge is 0.510 e. The molecule has 4 nitrogen and oxygen atoms in total. The summed E-state index contributed by atoms with van der Waals surface area (Å²) in [7, 11) is -3.07. The molecular formula is H2O4Si. The Morgan fingerprint density at radius 1 is 1.80 bits per heavy atom. The van der Waals surface area contributed by atoms with Crippen molar-refractivity contribution in [1.29, 1.82) is 0 Å². The van der Waals surface area contributed by atoms with Crippen LogP contribution in [0.3, 0.4) is 0 Å². The largest absolute Gasteiger partial charge is 0.798 e. The Labute approximate surface area is 29.5 Å². The van der Waals surface area contributed by atoms with Gasteiger partial charge in [0.05, 0.1) is 0 Å². The van der Waals surface area contributed by atoms with E-state index < -0.39 is 9.17 Å². The minimum atomic E-state index is -3.07. The molecule has 0 saturated heterocycles. The van der Waals surface area contributed by atoms with Gasteiger partial charge < -0.3 is 9.37 Å². The third kappa shape index (κ3) is 3.58. The standard InChI is InChI=1S/H2O4Si/c1-4-5(2)3/h1-2H. The molecule has 0 aliphatic rings. The lowest BCUT2D eigenvalue weighted by Gasteiger charge is -1.73. The monoisotopic (exact) mass is 94.0 g/mol. The van der Waals surface area contributed by atoms with Crippen LogP contribution in [0.25, 0.3) is 0 Å². The van der Waals surface area contributed by atoms with E-state index in [0.29, 0.717) is 0 Å². The minimum absolute atomic E-state index is 2.85. The van der Waals surface area contributed by atoms with Gasteiger partial charge in [-0.3, -0.25) is 4.46 Å². The summed E-state index contributed by atoms with van der Waals surface area (Å²) in [6, 6.07) is 0. The molecule has 0 radical (unpaired) electrons. The molecule has 0 aromatic rings. The van der Waals surface area contributed by atoms with Gasteiger partial charge in [0.2, 0.25) is 0 Å². The van der Waals surface area contributed by atoms with E-state index >= 15 is 0 Å². The SMILES string of the molecule is O=[Si](O)OO. The van der Waals surface area contributed by atoms with E-state index in [2.05, 4.69) is 4.58 Å². The van der Waals surface area contributed by atoms with Crippen molar-refractivity contribution < 1.29 is 19.1 Å². The van der Waals surface area contributed by atoms with Gasteiger partial charge in [-0.1, -0.05) is 0 Å². The van der Waals surface area contributed by atoms with Gasteiger partial charge in [0.15, 0.2) is 0 Å². The quantitative estimate of drug-likeness (QED) is 0.245. The Hall–Kier alpha value is -0.423. The first kappa shape index (κ1) is 4.58. The van der Waals surface area contributed by atoms with E-state index in [9.17, 15) is 0 Å². The van der Waals surface area contributed by atoms with Crippen LogP contribution in [-0.2, 0) is 9.04 Å². The molecule has 0 heterocycles. The summed E-state index contributed by atoms with van der Waals surface area (Å²) in [5.74, 6) is 0. The second kappa shape index (κ2) is 1.86. The maximum atomic E-state index is 9.08. The Morgan fingerprint density at radius 3 is 2.00 bits per heavy atom. The zero-order valence-corrected chi connectivity index (χ0v) is 3.21. The van der Waals surface area contributed by atoms with E-state index in [4.69, 9.17) is 14.5 Å². The molecule has 0 aromatic carbocycles. The van der Waals surface area contributed by atoms with Gasteiger partial charge >= 0.3 is 9.17 Å². The summed E-state index contributed by atoms with van der Waals surface area (Å²) in [5, 5.41) is 7.13.